The zero-order valence-corrected chi connectivity index (χ0v) is 13.4. The number of phenolic OH excluding ortho intramolecular Hbond substituents is 2. The first kappa shape index (κ1) is 14.7. The van der Waals surface area contributed by atoms with E-state index in [-0.39, 0.29) is 17.4 Å². The van der Waals surface area contributed by atoms with Gasteiger partial charge >= 0.3 is 0 Å². The lowest BCUT2D eigenvalue weighted by Gasteiger charge is -2.36. The van der Waals surface area contributed by atoms with Gasteiger partial charge in [-0.15, -0.1) is 0 Å². The van der Waals surface area contributed by atoms with Crippen LogP contribution in [0.1, 0.15) is 22.3 Å². The van der Waals surface area contributed by atoms with Crippen LogP contribution in [0.25, 0.3) is 0 Å². The van der Waals surface area contributed by atoms with Gasteiger partial charge in [0.2, 0.25) is 0 Å². The van der Waals surface area contributed by atoms with Crippen molar-refractivity contribution in [2.75, 3.05) is 0 Å². The number of aromatic hydroxyl groups is 2. The molecule has 0 fully saturated rings. The maximum atomic E-state index is 9.88. The molecule has 1 spiro atoms. The minimum atomic E-state index is -1.11. The maximum absolute atomic E-state index is 9.88. The Morgan fingerprint density at radius 2 is 1.38 bits per heavy atom. The average Bonchev–Trinajstić information content (AvgIpc) is 2.97. The molecule has 0 saturated heterocycles. The minimum absolute atomic E-state index is 0.0461. The predicted molar refractivity (Wildman–Crippen MR) is 92.0 cm³/mol. The van der Waals surface area contributed by atoms with Gasteiger partial charge in [-0.05, 0) is 35.5 Å². The highest BCUT2D eigenvalue weighted by molar-refractivity contribution is 6.00. The summed E-state index contributed by atoms with van der Waals surface area (Å²) in [5.41, 5.74) is 1.67. The summed E-state index contributed by atoms with van der Waals surface area (Å²) in [5, 5.41) is 32.5. The lowest BCUT2D eigenvalue weighted by Crippen LogP contribution is -2.33. The quantitative estimate of drug-likeness (QED) is 0.426. The van der Waals surface area contributed by atoms with Crippen LogP contribution in [-0.2, 0) is 10.3 Å². The number of hydrogen-bond donors (Lipinski definition) is 3. The van der Waals surface area contributed by atoms with Crippen LogP contribution in [0.5, 0.6) is 23.0 Å². The SMILES string of the molecule is O/N=C1/OC2(c3ccc(O)cc3Oc3cc(O)ccc32)c2ccccc21. The van der Waals surface area contributed by atoms with Crippen molar-refractivity contribution in [1.82, 2.24) is 0 Å². The zero-order chi connectivity index (χ0) is 17.9. The molecular formula is C20H13NO5. The summed E-state index contributed by atoms with van der Waals surface area (Å²) in [6, 6.07) is 16.9. The largest absolute Gasteiger partial charge is 0.508 e. The van der Waals surface area contributed by atoms with Crippen molar-refractivity contribution in [1.29, 1.82) is 0 Å². The van der Waals surface area contributed by atoms with E-state index in [0.717, 1.165) is 5.56 Å². The first-order valence-corrected chi connectivity index (χ1v) is 7.99. The molecule has 6 heteroatoms. The Morgan fingerprint density at radius 1 is 0.769 bits per heavy atom. The Labute approximate surface area is 148 Å². The smallest absolute Gasteiger partial charge is 0.259 e. The van der Waals surface area contributed by atoms with Crippen LogP contribution < -0.4 is 4.74 Å². The van der Waals surface area contributed by atoms with Crippen molar-refractivity contribution in [3.63, 3.8) is 0 Å². The van der Waals surface area contributed by atoms with E-state index in [1.54, 1.807) is 24.3 Å². The monoisotopic (exact) mass is 347 g/mol. The zero-order valence-electron chi connectivity index (χ0n) is 13.4. The van der Waals surface area contributed by atoms with Crippen LogP contribution in [-0.4, -0.2) is 21.3 Å². The molecule has 0 unspecified atom stereocenters. The van der Waals surface area contributed by atoms with E-state index in [2.05, 4.69) is 5.16 Å². The fourth-order valence-corrected chi connectivity index (χ4v) is 3.74. The number of rotatable bonds is 0. The third-order valence-electron chi connectivity index (χ3n) is 4.79. The van der Waals surface area contributed by atoms with Crippen molar-refractivity contribution < 1.29 is 24.9 Å². The molecule has 3 aromatic carbocycles. The van der Waals surface area contributed by atoms with Gasteiger partial charge in [0.1, 0.15) is 23.0 Å². The lowest BCUT2D eigenvalue weighted by molar-refractivity contribution is 0.134. The third-order valence-corrected chi connectivity index (χ3v) is 4.79. The van der Waals surface area contributed by atoms with Crippen LogP contribution in [0.3, 0.4) is 0 Å². The van der Waals surface area contributed by atoms with Gasteiger partial charge in [-0.3, -0.25) is 0 Å². The molecule has 26 heavy (non-hydrogen) atoms. The summed E-state index contributed by atoms with van der Waals surface area (Å²) < 4.78 is 12.1. The number of fused-ring (bicyclic) bond motifs is 6. The normalized spacial score (nSPS) is 17.2. The number of phenols is 2. The van der Waals surface area contributed by atoms with Crippen molar-refractivity contribution in [3.8, 4) is 23.0 Å². The van der Waals surface area contributed by atoms with E-state index in [1.807, 2.05) is 24.3 Å². The molecule has 2 heterocycles. The van der Waals surface area contributed by atoms with Crippen molar-refractivity contribution in [3.05, 3.63) is 82.9 Å². The second-order valence-electron chi connectivity index (χ2n) is 6.20. The summed E-state index contributed by atoms with van der Waals surface area (Å²) in [6.07, 6.45) is 0. The molecule has 6 nitrogen and oxygen atoms in total. The highest BCUT2D eigenvalue weighted by atomic mass is 16.6. The summed E-state index contributed by atoms with van der Waals surface area (Å²) in [5.74, 6) is 0.990. The van der Waals surface area contributed by atoms with E-state index in [4.69, 9.17) is 9.47 Å². The Morgan fingerprint density at radius 3 is 2.00 bits per heavy atom. The standard InChI is InChI=1S/C20H13NO5/c22-11-5-7-15-17(9-11)25-18-10-12(23)6-8-16(18)20(15)14-4-2-1-3-13(14)19(21-24)26-20/h1-10,22-24H/b21-19+. The number of hydrogen-bond acceptors (Lipinski definition) is 6. The van der Waals surface area contributed by atoms with Crippen LogP contribution in [0, 0.1) is 0 Å². The summed E-state index contributed by atoms with van der Waals surface area (Å²) in [6.45, 7) is 0. The van der Waals surface area contributed by atoms with E-state index in [9.17, 15) is 15.4 Å². The number of ether oxygens (including phenoxy) is 2. The van der Waals surface area contributed by atoms with Gasteiger partial charge in [0.15, 0.2) is 5.60 Å². The van der Waals surface area contributed by atoms with Crippen molar-refractivity contribution in [2.24, 2.45) is 5.16 Å². The molecule has 3 N–H and O–H groups in total. The second-order valence-corrected chi connectivity index (χ2v) is 6.20. The number of nitrogens with zero attached hydrogens (tertiary/aromatic N) is 1. The number of oxime groups is 1. The molecule has 3 aromatic rings. The maximum Gasteiger partial charge on any atom is 0.259 e. The van der Waals surface area contributed by atoms with Crippen LogP contribution in [0.15, 0.2) is 65.8 Å². The molecule has 2 aliphatic heterocycles. The molecule has 0 aliphatic carbocycles. The second kappa shape index (κ2) is 4.92. The fraction of sp³-hybridized carbons (Fsp3) is 0.0500. The minimum Gasteiger partial charge on any atom is -0.508 e. The molecule has 0 atom stereocenters. The highest BCUT2D eigenvalue weighted by Crippen LogP contribution is 2.56. The van der Waals surface area contributed by atoms with Crippen LogP contribution >= 0.6 is 0 Å². The fourth-order valence-electron chi connectivity index (χ4n) is 3.74. The highest BCUT2D eigenvalue weighted by Gasteiger charge is 2.52. The Balaban J connectivity index is 1.91. The van der Waals surface area contributed by atoms with Gasteiger partial charge in [0.05, 0.1) is 0 Å². The Hall–Kier alpha value is -3.67. The molecule has 0 amide bonds. The lowest BCUT2D eigenvalue weighted by atomic mass is 9.77. The molecular weight excluding hydrogens is 334 g/mol. The van der Waals surface area contributed by atoms with Gasteiger partial charge in [-0.25, -0.2) is 0 Å². The van der Waals surface area contributed by atoms with Gasteiger partial charge in [-0.1, -0.05) is 18.2 Å². The first-order chi connectivity index (χ1) is 12.6. The van der Waals surface area contributed by atoms with E-state index in [0.29, 0.717) is 28.2 Å². The third kappa shape index (κ3) is 1.73. The summed E-state index contributed by atoms with van der Waals surface area (Å²) in [4.78, 5) is 0. The molecule has 0 radical (unpaired) electrons. The molecule has 0 aromatic heterocycles. The molecule has 0 bridgehead atoms. The molecule has 2 aliphatic rings. The summed E-state index contributed by atoms with van der Waals surface area (Å²) in [7, 11) is 0. The Kier molecular flexibility index (Phi) is 2.77. The summed E-state index contributed by atoms with van der Waals surface area (Å²) >= 11 is 0. The van der Waals surface area contributed by atoms with Crippen molar-refractivity contribution in [2.45, 2.75) is 5.60 Å². The topological polar surface area (TPSA) is 91.5 Å². The van der Waals surface area contributed by atoms with E-state index >= 15 is 0 Å². The van der Waals surface area contributed by atoms with Gasteiger partial charge in [0.25, 0.3) is 5.90 Å². The van der Waals surface area contributed by atoms with E-state index < -0.39 is 5.60 Å². The first-order valence-electron chi connectivity index (χ1n) is 7.99. The number of benzene rings is 3. The molecule has 0 saturated carbocycles. The van der Waals surface area contributed by atoms with Crippen LogP contribution in [0.2, 0.25) is 0 Å². The van der Waals surface area contributed by atoms with Gasteiger partial charge in [0, 0.05) is 34.4 Å². The van der Waals surface area contributed by atoms with Crippen molar-refractivity contribution >= 4 is 5.90 Å². The average molecular weight is 347 g/mol. The Bertz CT molecular complexity index is 1040. The molecule has 5 rings (SSSR count). The van der Waals surface area contributed by atoms with E-state index in [1.165, 1.54) is 12.1 Å². The van der Waals surface area contributed by atoms with Gasteiger partial charge in [-0.2, -0.15) is 0 Å². The predicted octanol–water partition coefficient (Wildman–Crippen LogP) is 3.66. The molecule has 128 valence electrons. The van der Waals surface area contributed by atoms with Gasteiger partial charge < -0.3 is 24.9 Å². The van der Waals surface area contributed by atoms with Crippen LogP contribution in [0.4, 0.5) is 0 Å².